The number of H-pyrrole nitrogens is 2. The van der Waals surface area contributed by atoms with Crippen molar-refractivity contribution in [3.05, 3.63) is 48.0 Å². The van der Waals surface area contributed by atoms with Gasteiger partial charge in [-0.25, -0.2) is 15.0 Å². The zero-order valence-corrected chi connectivity index (χ0v) is 20.4. The Morgan fingerprint density at radius 2 is 1.56 bits per heavy atom. The van der Waals surface area contributed by atoms with Gasteiger partial charge >= 0.3 is 0 Å². The van der Waals surface area contributed by atoms with Crippen LogP contribution in [0.5, 0.6) is 0 Å². The first-order valence-corrected chi connectivity index (χ1v) is 11.3. The van der Waals surface area contributed by atoms with Crippen molar-refractivity contribution in [3.8, 4) is 0 Å². The number of nitrogens with one attached hydrogen (secondary N) is 5. The normalized spacial score (nSPS) is 21.0. The molecule has 0 saturated carbocycles. The number of rotatable bonds is 6. The molecule has 0 fully saturated rings. The molecule has 0 radical (unpaired) electrons. The largest absolute Gasteiger partial charge is 0.367 e. The number of aromatic amines is 2. The number of guanidine groups is 4. The van der Waals surface area contributed by atoms with Crippen LogP contribution >= 0.6 is 0 Å². The molecule has 2 aliphatic heterocycles. The summed E-state index contributed by atoms with van der Waals surface area (Å²) in [6.07, 6.45) is 7.42. The molecule has 0 aliphatic carbocycles. The van der Waals surface area contributed by atoms with Gasteiger partial charge in [0.1, 0.15) is 12.3 Å². The first-order chi connectivity index (χ1) is 16.4. The van der Waals surface area contributed by atoms with Crippen molar-refractivity contribution >= 4 is 23.8 Å². The van der Waals surface area contributed by atoms with E-state index in [0.717, 1.165) is 30.0 Å². The molecular formula is C22H34N12. The van der Waals surface area contributed by atoms with Crippen LogP contribution in [-0.2, 0) is 13.1 Å². The highest BCUT2D eigenvalue weighted by Crippen LogP contribution is 2.12. The van der Waals surface area contributed by atoms with Crippen molar-refractivity contribution in [2.45, 2.75) is 32.3 Å². The Hall–Kier alpha value is -3.96. The fourth-order valence-electron chi connectivity index (χ4n) is 3.77. The van der Waals surface area contributed by atoms with Gasteiger partial charge in [-0.15, -0.1) is 0 Å². The number of nitrogens with zero attached hydrogens (tertiary/aromatic N) is 7. The van der Waals surface area contributed by atoms with Crippen molar-refractivity contribution in [1.82, 2.24) is 40.6 Å². The molecule has 2 aliphatic rings. The number of hydrogen-bond acceptors (Lipinski definition) is 8. The zero-order chi connectivity index (χ0) is 24.1. The first kappa shape index (κ1) is 23.2. The van der Waals surface area contributed by atoms with Gasteiger partial charge in [0.25, 0.3) is 0 Å². The van der Waals surface area contributed by atoms with Crippen molar-refractivity contribution in [2.24, 2.45) is 20.0 Å². The fraction of sp³-hybridized carbons (Fsp3) is 0.455. The van der Waals surface area contributed by atoms with Gasteiger partial charge < -0.3 is 30.0 Å². The summed E-state index contributed by atoms with van der Waals surface area (Å²) in [4.78, 5) is 31.1. The van der Waals surface area contributed by atoms with Gasteiger partial charge in [-0.05, 0) is 30.2 Å². The highest BCUT2D eigenvalue weighted by atomic mass is 15.4. The van der Waals surface area contributed by atoms with Gasteiger partial charge in [-0.3, -0.25) is 15.6 Å². The van der Waals surface area contributed by atoms with Gasteiger partial charge in [-0.2, -0.15) is 0 Å². The van der Waals surface area contributed by atoms with Crippen LogP contribution in [0.15, 0.2) is 56.9 Å². The topological polar surface area (TPSA) is 127 Å². The SMILES string of the molecule is CN=C1NC(N(C)Cc2cc[nH]c2)=NC(CN(Cc2cc[nH]c2)C2=NC(C)N=C(N(C)C)N2)N1. The Balaban J connectivity index is 1.56. The van der Waals surface area contributed by atoms with E-state index in [9.17, 15) is 0 Å². The van der Waals surface area contributed by atoms with Crippen molar-refractivity contribution in [2.75, 3.05) is 34.7 Å². The summed E-state index contributed by atoms with van der Waals surface area (Å²) >= 11 is 0. The van der Waals surface area contributed by atoms with Crippen LogP contribution in [0.3, 0.4) is 0 Å². The minimum Gasteiger partial charge on any atom is -0.367 e. The van der Waals surface area contributed by atoms with Crippen LogP contribution in [0.1, 0.15) is 18.1 Å². The second-order valence-corrected chi connectivity index (χ2v) is 8.54. The Labute approximate surface area is 200 Å². The first-order valence-electron chi connectivity index (χ1n) is 11.3. The molecule has 0 spiro atoms. The van der Waals surface area contributed by atoms with Crippen LogP contribution in [-0.4, -0.2) is 95.6 Å². The van der Waals surface area contributed by atoms with Gasteiger partial charge in [-0.1, -0.05) is 0 Å². The van der Waals surface area contributed by atoms with E-state index in [1.165, 1.54) is 5.56 Å². The molecule has 0 amide bonds. The maximum atomic E-state index is 4.95. The Morgan fingerprint density at radius 1 is 0.882 bits per heavy atom. The van der Waals surface area contributed by atoms with Gasteiger partial charge in [0.15, 0.2) is 5.96 Å². The average molecular weight is 467 g/mol. The van der Waals surface area contributed by atoms with Gasteiger partial charge in [0, 0.05) is 66.1 Å². The quantitative estimate of drug-likeness (QED) is 0.418. The lowest BCUT2D eigenvalue weighted by Gasteiger charge is -2.35. The molecule has 0 saturated heterocycles. The Kier molecular flexibility index (Phi) is 7.04. The molecule has 12 heteroatoms. The van der Waals surface area contributed by atoms with Gasteiger partial charge in [0.05, 0.1) is 6.54 Å². The molecular weight excluding hydrogens is 432 g/mol. The Morgan fingerprint density at radius 3 is 2.18 bits per heavy atom. The smallest absolute Gasteiger partial charge is 0.203 e. The molecule has 34 heavy (non-hydrogen) atoms. The second-order valence-electron chi connectivity index (χ2n) is 8.54. The van der Waals surface area contributed by atoms with Crippen molar-refractivity contribution in [3.63, 3.8) is 0 Å². The van der Waals surface area contributed by atoms with E-state index in [1.54, 1.807) is 7.05 Å². The summed E-state index contributed by atoms with van der Waals surface area (Å²) in [6.45, 7) is 3.94. The predicted molar refractivity (Wildman–Crippen MR) is 135 cm³/mol. The molecule has 5 N–H and O–H groups in total. The third-order valence-electron chi connectivity index (χ3n) is 5.47. The van der Waals surface area contributed by atoms with E-state index in [4.69, 9.17) is 9.98 Å². The van der Waals surface area contributed by atoms with Crippen LogP contribution in [0, 0.1) is 0 Å². The summed E-state index contributed by atoms with van der Waals surface area (Å²) in [6, 6.07) is 4.12. The standard InChI is InChI=1S/C22H34N12/c1-15-26-20(32(3)4)31-22(27-15)34(13-17-7-9-25-11-17)14-18-28-19(23-2)30-21(29-18)33(5)12-16-6-8-24-10-16/h6-11,15,18,24-25H,12-14H2,1-5H3,(H,26,27,31)(H2,23,28,29,30). The number of aliphatic imine (C=N–C) groups is 4. The molecule has 12 nitrogen and oxygen atoms in total. The van der Waals surface area contributed by atoms with Crippen molar-refractivity contribution < 1.29 is 0 Å². The molecule has 4 rings (SSSR count). The molecule has 0 aromatic carbocycles. The highest BCUT2D eigenvalue weighted by Gasteiger charge is 2.27. The van der Waals surface area contributed by atoms with E-state index >= 15 is 0 Å². The van der Waals surface area contributed by atoms with Gasteiger partial charge in [0.2, 0.25) is 17.9 Å². The molecule has 0 bridgehead atoms. The van der Waals surface area contributed by atoms with Crippen molar-refractivity contribution in [1.29, 1.82) is 0 Å². The third-order valence-corrected chi connectivity index (χ3v) is 5.47. The summed E-state index contributed by atoms with van der Waals surface area (Å²) in [5.41, 5.74) is 2.33. The Bertz CT molecular complexity index is 1050. The third kappa shape index (κ3) is 5.69. The maximum Gasteiger partial charge on any atom is 0.203 e. The molecule has 4 heterocycles. The van der Waals surface area contributed by atoms with Crippen LogP contribution < -0.4 is 16.0 Å². The van der Waals surface area contributed by atoms with Crippen LogP contribution in [0.25, 0.3) is 0 Å². The molecule has 2 atom stereocenters. The summed E-state index contributed by atoms with van der Waals surface area (Å²) in [5.74, 6) is 2.98. The van der Waals surface area contributed by atoms with E-state index < -0.39 is 0 Å². The minimum atomic E-state index is -0.232. The lowest BCUT2D eigenvalue weighted by Crippen LogP contribution is -2.59. The summed E-state index contributed by atoms with van der Waals surface area (Å²) < 4.78 is 0. The summed E-state index contributed by atoms with van der Waals surface area (Å²) in [7, 11) is 7.70. The highest BCUT2D eigenvalue weighted by molar-refractivity contribution is 6.01. The monoisotopic (exact) mass is 466 g/mol. The lowest BCUT2D eigenvalue weighted by atomic mass is 10.3. The van der Waals surface area contributed by atoms with E-state index in [1.807, 2.05) is 57.8 Å². The average Bonchev–Trinajstić information content (AvgIpc) is 3.52. The number of hydrogen-bond donors (Lipinski definition) is 5. The molecule has 2 aromatic rings. The molecule has 2 unspecified atom stereocenters. The van der Waals surface area contributed by atoms with Crippen LogP contribution in [0.2, 0.25) is 0 Å². The molecule has 182 valence electrons. The lowest BCUT2D eigenvalue weighted by molar-refractivity contribution is 0.347. The predicted octanol–water partition coefficient (Wildman–Crippen LogP) is 0.360. The zero-order valence-electron chi connectivity index (χ0n) is 20.4. The van der Waals surface area contributed by atoms with E-state index in [0.29, 0.717) is 19.0 Å². The maximum absolute atomic E-state index is 4.95. The van der Waals surface area contributed by atoms with E-state index in [2.05, 4.69) is 57.8 Å². The molecule has 2 aromatic heterocycles. The number of aromatic nitrogens is 2. The minimum absolute atomic E-state index is 0.178. The fourth-order valence-corrected chi connectivity index (χ4v) is 3.77. The van der Waals surface area contributed by atoms with E-state index in [-0.39, 0.29) is 12.3 Å². The second kappa shape index (κ2) is 10.3. The van der Waals surface area contributed by atoms with Crippen LogP contribution in [0.4, 0.5) is 0 Å². The summed E-state index contributed by atoms with van der Waals surface area (Å²) in [5, 5.41) is 10.0.